The summed E-state index contributed by atoms with van der Waals surface area (Å²) in [6.45, 7) is 0. The molecule has 7 nitrogen and oxygen atoms in total. The van der Waals surface area contributed by atoms with E-state index in [1.54, 1.807) is 6.26 Å². The lowest BCUT2D eigenvalue weighted by molar-refractivity contribution is -0.289. The van der Waals surface area contributed by atoms with Crippen molar-refractivity contribution < 1.29 is 34.7 Å². The minimum absolute atomic E-state index is 0.177. The second-order valence-corrected chi connectivity index (χ2v) is 4.12. The number of thioether (sulfide) groups is 1. The van der Waals surface area contributed by atoms with Gasteiger partial charge in [0.2, 0.25) is 0 Å². The molecule has 1 rings (SSSR count). The first-order chi connectivity index (χ1) is 7.49. The molecule has 94 valence electrons. The van der Waals surface area contributed by atoms with Crippen LogP contribution < -0.4 is 0 Å². The summed E-state index contributed by atoms with van der Waals surface area (Å²) in [5, 5.41) is 36.9. The van der Waals surface area contributed by atoms with E-state index in [9.17, 15) is 20.1 Å². The molecule has 8 heteroatoms. The zero-order valence-corrected chi connectivity index (χ0v) is 9.33. The number of carbonyl (C=O) groups is 1. The summed E-state index contributed by atoms with van der Waals surface area (Å²) in [4.78, 5) is 10.7. The number of aliphatic carboxylic acids is 1. The summed E-state index contributed by atoms with van der Waals surface area (Å²) in [7, 11) is 0. The Morgan fingerprint density at radius 3 is 2.44 bits per heavy atom. The van der Waals surface area contributed by atoms with Crippen LogP contribution in [0.25, 0.3) is 0 Å². The first-order valence-electron chi connectivity index (χ1n) is 4.52. The Morgan fingerprint density at radius 1 is 1.31 bits per heavy atom. The molecule has 5 atom stereocenters. The number of rotatable bonds is 4. The number of hydrogen-bond donors (Lipinski definition) is 4. The smallest absolute Gasteiger partial charge is 0.335 e. The van der Waals surface area contributed by atoms with Crippen molar-refractivity contribution in [3.8, 4) is 0 Å². The van der Waals surface area contributed by atoms with E-state index in [-0.39, 0.29) is 5.94 Å². The predicted molar refractivity (Wildman–Crippen MR) is 53.8 cm³/mol. The molecule has 0 aliphatic carbocycles. The molecule has 1 saturated heterocycles. The Morgan fingerprint density at radius 2 is 1.94 bits per heavy atom. The molecule has 1 aliphatic heterocycles. The number of aliphatic hydroxyl groups is 3. The van der Waals surface area contributed by atoms with E-state index >= 15 is 0 Å². The SMILES string of the molecule is CSCO[C@@H]1O[C@H](C(=O)O)[C@@H](O)[C@H](O)[C@H]1O. The topological polar surface area (TPSA) is 116 Å². The number of aliphatic hydroxyl groups excluding tert-OH is 3. The largest absolute Gasteiger partial charge is 0.479 e. The molecule has 0 aromatic carbocycles. The van der Waals surface area contributed by atoms with Gasteiger partial charge in [-0.05, 0) is 6.26 Å². The zero-order chi connectivity index (χ0) is 12.3. The standard InChI is InChI=1S/C8H14O7S/c1-16-2-14-8-5(11)3(9)4(10)6(15-8)7(12)13/h3-6,8-11H,2H2,1H3,(H,12,13)/t3-,4-,5+,6-,8+/m0/s1. The molecule has 1 aliphatic rings. The second kappa shape index (κ2) is 5.80. The summed E-state index contributed by atoms with van der Waals surface area (Å²) in [5.74, 6) is -1.24. The molecule has 0 bridgehead atoms. The molecule has 4 N–H and O–H groups in total. The molecule has 0 saturated carbocycles. The minimum Gasteiger partial charge on any atom is -0.479 e. The Bertz CT molecular complexity index is 249. The van der Waals surface area contributed by atoms with E-state index in [2.05, 4.69) is 0 Å². The first-order valence-corrected chi connectivity index (χ1v) is 5.91. The van der Waals surface area contributed by atoms with Crippen LogP contribution in [0.1, 0.15) is 0 Å². The minimum atomic E-state index is -1.68. The van der Waals surface area contributed by atoms with Crippen molar-refractivity contribution in [2.45, 2.75) is 30.7 Å². The van der Waals surface area contributed by atoms with Crippen molar-refractivity contribution in [2.24, 2.45) is 0 Å². The Kier molecular flexibility index (Phi) is 4.96. The summed E-state index contributed by atoms with van der Waals surface area (Å²) < 4.78 is 9.85. The number of carboxylic acid groups (broad SMARTS) is 1. The second-order valence-electron chi connectivity index (χ2n) is 3.31. The maximum absolute atomic E-state index is 10.7. The van der Waals surface area contributed by atoms with Crippen LogP contribution in [0.2, 0.25) is 0 Å². The molecule has 0 spiro atoms. The third-order valence-electron chi connectivity index (χ3n) is 2.16. The van der Waals surface area contributed by atoms with E-state index in [0.717, 1.165) is 0 Å². The van der Waals surface area contributed by atoms with E-state index in [4.69, 9.17) is 14.6 Å². The summed E-state index contributed by atoms with van der Waals surface area (Å²) in [5.41, 5.74) is 0. The van der Waals surface area contributed by atoms with Crippen LogP contribution in [0.15, 0.2) is 0 Å². The summed E-state index contributed by atoms with van der Waals surface area (Å²) in [6, 6.07) is 0. The fourth-order valence-corrected chi connectivity index (χ4v) is 1.60. The van der Waals surface area contributed by atoms with Gasteiger partial charge in [-0.2, -0.15) is 0 Å². The molecular formula is C8H14O7S. The number of ether oxygens (including phenoxy) is 2. The highest BCUT2D eigenvalue weighted by Crippen LogP contribution is 2.22. The van der Waals surface area contributed by atoms with Crippen LogP contribution in [0.3, 0.4) is 0 Å². The van der Waals surface area contributed by atoms with E-state index in [1.807, 2.05) is 0 Å². The Labute approximate surface area is 96.0 Å². The Hall–Kier alpha value is -0.380. The summed E-state index contributed by atoms with van der Waals surface area (Å²) >= 11 is 1.30. The number of carboxylic acids is 1. The number of hydrogen-bond acceptors (Lipinski definition) is 7. The van der Waals surface area contributed by atoms with Crippen molar-refractivity contribution in [1.82, 2.24) is 0 Å². The van der Waals surface area contributed by atoms with Crippen LogP contribution in [0.4, 0.5) is 0 Å². The van der Waals surface area contributed by atoms with Crippen LogP contribution in [0.5, 0.6) is 0 Å². The molecule has 0 radical (unpaired) electrons. The van der Waals surface area contributed by atoms with Gasteiger partial charge in [0.05, 0.1) is 5.94 Å². The molecule has 1 fully saturated rings. The van der Waals surface area contributed by atoms with Crippen molar-refractivity contribution in [3.05, 3.63) is 0 Å². The maximum Gasteiger partial charge on any atom is 0.335 e. The van der Waals surface area contributed by atoms with Gasteiger partial charge in [0.15, 0.2) is 12.4 Å². The lowest BCUT2D eigenvalue weighted by Crippen LogP contribution is -2.60. The normalized spacial score (nSPS) is 39.6. The highest BCUT2D eigenvalue weighted by Gasteiger charge is 2.47. The van der Waals surface area contributed by atoms with Crippen LogP contribution in [0, 0.1) is 0 Å². The third-order valence-corrected chi connectivity index (χ3v) is 2.53. The van der Waals surface area contributed by atoms with Gasteiger partial charge in [0.25, 0.3) is 0 Å². The van der Waals surface area contributed by atoms with Crippen molar-refractivity contribution in [3.63, 3.8) is 0 Å². The predicted octanol–water partition coefficient (Wildman–Crippen LogP) is -1.78. The molecule has 1 heterocycles. The average Bonchev–Trinajstić information content (AvgIpc) is 2.24. The molecule has 16 heavy (non-hydrogen) atoms. The first kappa shape index (κ1) is 13.7. The highest BCUT2D eigenvalue weighted by atomic mass is 32.2. The molecule has 0 aromatic heterocycles. The van der Waals surface area contributed by atoms with Crippen LogP contribution in [-0.4, -0.2) is 69.3 Å². The molecular weight excluding hydrogens is 240 g/mol. The molecule has 0 unspecified atom stereocenters. The lowest BCUT2D eigenvalue weighted by atomic mass is 9.99. The average molecular weight is 254 g/mol. The van der Waals surface area contributed by atoms with Gasteiger partial charge < -0.3 is 29.9 Å². The van der Waals surface area contributed by atoms with Gasteiger partial charge >= 0.3 is 5.97 Å². The van der Waals surface area contributed by atoms with Crippen molar-refractivity contribution in [1.29, 1.82) is 0 Å². The lowest BCUT2D eigenvalue weighted by Gasteiger charge is -2.38. The summed E-state index contributed by atoms with van der Waals surface area (Å²) in [6.07, 6.45) is -5.88. The van der Waals surface area contributed by atoms with E-state index in [0.29, 0.717) is 0 Å². The van der Waals surface area contributed by atoms with E-state index in [1.165, 1.54) is 11.8 Å². The highest BCUT2D eigenvalue weighted by molar-refractivity contribution is 7.98. The fourth-order valence-electron chi connectivity index (χ4n) is 1.32. The monoisotopic (exact) mass is 254 g/mol. The fraction of sp³-hybridized carbons (Fsp3) is 0.875. The molecule has 0 aromatic rings. The van der Waals surface area contributed by atoms with Gasteiger partial charge in [0.1, 0.15) is 18.3 Å². The van der Waals surface area contributed by atoms with Gasteiger partial charge in [0, 0.05) is 0 Å². The third kappa shape index (κ3) is 2.84. The maximum atomic E-state index is 10.7. The molecule has 0 amide bonds. The zero-order valence-electron chi connectivity index (χ0n) is 8.52. The van der Waals surface area contributed by atoms with Gasteiger partial charge in [-0.3, -0.25) is 0 Å². The van der Waals surface area contributed by atoms with Crippen molar-refractivity contribution in [2.75, 3.05) is 12.2 Å². The quantitative estimate of drug-likeness (QED) is 0.435. The van der Waals surface area contributed by atoms with Crippen molar-refractivity contribution >= 4 is 17.7 Å². The van der Waals surface area contributed by atoms with Gasteiger partial charge in [-0.1, -0.05) is 0 Å². The van der Waals surface area contributed by atoms with Crippen LogP contribution in [-0.2, 0) is 14.3 Å². The van der Waals surface area contributed by atoms with Gasteiger partial charge in [-0.25, -0.2) is 4.79 Å². The Balaban J connectivity index is 2.69. The van der Waals surface area contributed by atoms with Crippen LogP contribution >= 0.6 is 11.8 Å². The van der Waals surface area contributed by atoms with Gasteiger partial charge in [-0.15, -0.1) is 11.8 Å². The van der Waals surface area contributed by atoms with E-state index < -0.39 is 36.7 Å².